The Bertz CT molecular complexity index is 1080. The molecule has 1 rings (SSSR count). The van der Waals surface area contributed by atoms with Crippen molar-refractivity contribution in [2.45, 2.75) is 77.4 Å². The van der Waals surface area contributed by atoms with Crippen LogP contribution < -0.4 is 15.4 Å². The van der Waals surface area contributed by atoms with Crippen LogP contribution >= 0.6 is 23.5 Å². The summed E-state index contributed by atoms with van der Waals surface area (Å²) >= 11 is 3.36. The van der Waals surface area contributed by atoms with Gasteiger partial charge in [-0.25, -0.2) is 0 Å². The minimum atomic E-state index is -4.53. The van der Waals surface area contributed by atoms with Crippen LogP contribution in [0.4, 0.5) is 0 Å². The number of carbonyl (C=O) groups is 3. The van der Waals surface area contributed by atoms with E-state index < -0.39 is 52.1 Å². The molecule has 12 nitrogen and oxygen atoms in total. The molecule has 1 aromatic carbocycles. The van der Waals surface area contributed by atoms with Gasteiger partial charge in [-0.2, -0.15) is 0 Å². The highest BCUT2D eigenvalue weighted by Gasteiger charge is 2.47. The lowest BCUT2D eigenvalue weighted by Gasteiger charge is -2.44. The van der Waals surface area contributed by atoms with Crippen molar-refractivity contribution in [3.05, 3.63) is 28.2 Å². The number of hydrogen-bond acceptors (Lipinski definition) is 7. The highest BCUT2D eigenvalue weighted by molar-refractivity contribution is 9.10. The van der Waals surface area contributed by atoms with Gasteiger partial charge in [0.2, 0.25) is 20.1 Å². The molecule has 0 spiro atoms. The van der Waals surface area contributed by atoms with E-state index in [1.807, 2.05) is 0 Å². The average molecular weight is 683 g/mol. The Labute approximate surface area is 252 Å². The molecular weight excluding hydrogens is 637 g/mol. The fourth-order valence-electron chi connectivity index (χ4n) is 4.89. The minimum absolute atomic E-state index is 0.00477. The Morgan fingerprint density at radius 3 is 2.12 bits per heavy atom. The third-order valence-electron chi connectivity index (χ3n) is 6.84. The van der Waals surface area contributed by atoms with Crippen molar-refractivity contribution in [3.63, 3.8) is 0 Å². The zero-order valence-corrected chi connectivity index (χ0v) is 28.5. The van der Waals surface area contributed by atoms with E-state index in [-0.39, 0.29) is 47.6 Å². The van der Waals surface area contributed by atoms with E-state index in [0.717, 1.165) is 4.90 Å². The maximum atomic E-state index is 13.2. The first kappa shape index (κ1) is 37.2. The lowest BCUT2D eigenvalue weighted by molar-refractivity contribution is -0.133. The first-order valence-corrected chi connectivity index (χ1v) is 18.2. The lowest BCUT2D eigenvalue weighted by Crippen LogP contribution is -2.54. The zero-order valence-electron chi connectivity index (χ0n) is 25.0. The molecule has 0 heterocycles. The number of aliphatic hydroxyl groups is 1. The second kappa shape index (κ2) is 16.2. The number of benzene rings is 1. The summed E-state index contributed by atoms with van der Waals surface area (Å²) in [5.41, 5.74) is 0.995. The van der Waals surface area contributed by atoms with Gasteiger partial charge in [0.1, 0.15) is 18.5 Å². The molecule has 0 saturated carbocycles. The van der Waals surface area contributed by atoms with Crippen LogP contribution in [0, 0.1) is 0 Å². The van der Waals surface area contributed by atoms with Crippen molar-refractivity contribution < 1.29 is 43.0 Å². The molecule has 0 aliphatic heterocycles. The van der Waals surface area contributed by atoms with Gasteiger partial charge in [0.15, 0.2) is 6.29 Å². The highest BCUT2D eigenvalue weighted by Crippen LogP contribution is 2.43. The molecule has 0 saturated heterocycles. The Kier molecular flexibility index (Phi) is 14.7. The number of halogens is 1. The number of aliphatic hydroxyl groups excluding tert-OH is 1. The van der Waals surface area contributed by atoms with Crippen LogP contribution in [-0.2, 0) is 18.6 Å². The zero-order chi connectivity index (χ0) is 31.7. The van der Waals surface area contributed by atoms with E-state index in [2.05, 4.69) is 68.1 Å². The molecule has 3 amide bonds. The molecule has 5 N–H and O–H groups in total. The predicted molar refractivity (Wildman–Crippen MR) is 162 cm³/mol. The van der Waals surface area contributed by atoms with Gasteiger partial charge in [-0.1, -0.05) is 57.5 Å². The van der Waals surface area contributed by atoms with E-state index in [1.165, 1.54) is 7.05 Å². The van der Waals surface area contributed by atoms with Crippen LogP contribution in [-0.4, -0.2) is 91.1 Å². The maximum Gasteiger partial charge on any atom is 0.334 e. The molecule has 0 aromatic heterocycles. The maximum absolute atomic E-state index is 13.2. The lowest BCUT2D eigenvalue weighted by atomic mass is 10.1. The molecule has 0 bridgehead atoms. The molecule has 41 heavy (non-hydrogen) atoms. The number of amides is 3. The smallest absolute Gasteiger partial charge is 0.334 e. The molecular formula is C26H45BrN3O9PSi. The van der Waals surface area contributed by atoms with Crippen molar-refractivity contribution in [3.8, 4) is 5.75 Å². The summed E-state index contributed by atoms with van der Waals surface area (Å²) in [4.78, 5) is 55.8. The van der Waals surface area contributed by atoms with E-state index >= 15 is 0 Å². The van der Waals surface area contributed by atoms with E-state index in [9.17, 15) is 24.1 Å². The Balaban J connectivity index is 2.80. The molecule has 2 atom stereocenters. The van der Waals surface area contributed by atoms with Gasteiger partial charge in [-0.3, -0.25) is 18.9 Å². The number of carbonyl (C=O) groups excluding carboxylic acids is 3. The second-order valence-electron chi connectivity index (χ2n) is 11.0. The number of rotatable bonds is 16. The summed E-state index contributed by atoms with van der Waals surface area (Å²) in [5, 5.41) is 16.3. The first-order valence-electron chi connectivity index (χ1n) is 13.5. The van der Waals surface area contributed by atoms with Crippen LogP contribution in [0.25, 0.3) is 0 Å². The first-order chi connectivity index (χ1) is 18.8. The van der Waals surface area contributed by atoms with E-state index in [0.29, 0.717) is 4.47 Å². The molecule has 1 aromatic rings. The van der Waals surface area contributed by atoms with Crippen LogP contribution in [0.2, 0.25) is 16.6 Å². The van der Waals surface area contributed by atoms with Crippen molar-refractivity contribution in [2.75, 3.05) is 32.9 Å². The van der Waals surface area contributed by atoms with Crippen molar-refractivity contribution >= 4 is 49.6 Å². The molecule has 15 heteroatoms. The highest BCUT2D eigenvalue weighted by atomic mass is 79.9. The van der Waals surface area contributed by atoms with Gasteiger partial charge in [0.05, 0.1) is 24.7 Å². The number of likely N-dealkylation sites (N-methyl/N-ethyl adjacent to an activating group) is 1. The fraction of sp³-hybridized carbons (Fsp3) is 0.654. The number of nitrogens with one attached hydrogen (secondary N) is 2. The van der Waals surface area contributed by atoms with Crippen LogP contribution in [0.1, 0.15) is 58.8 Å². The molecule has 0 aliphatic carbocycles. The Hall–Kier alpha value is -1.80. The monoisotopic (exact) mass is 681 g/mol. The van der Waals surface area contributed by atoms with Crippen molar-refractivity contribution in [1.82, 2.24) is 15.5 Å². The van der Waals surface area contributed by atoms with Crippen LogP contribution in [0.15, 0.2) is 22.7 Å². The van der Waals surface area contributed by atoms with E-state index in [4.69, 9.17) is 18.9 Å². The molecule has 0 radical (unpaired) electrons. The number of hydrogen-bond donors (Lipinski definition) is 5. The number of nitrogens with zero attached hydrogens (tertiary/aromatic N) is 1. The Morgan fingerprint density at radius 1 is 1.05 bits per heavy atom. The molecule has 234 valence electrons. The summed E-state index contributed by atoms with van der Waals surface area (Å²) in [7, 11) is -5.65. The van der Waals surface area contributed by atoms with E-state index in [1.54, 1.807) is 25.1 Å². The molecule has 1 unspecified atom stereocenters. The third kappa shape index (κ3) is 11.4. The Morgan fingerprint density at radius 2 is 1.61 bits per heavy atom. The van der Waals surface area contributed by atoms with Crippen molar-refractivity contribution in [2.24, 2.45) is 0 Å². The summed E-state index contributed by atoms with van der Waals surface area (Å²) in [6, 6.07) is 4.16. The van der Waals surface area contributed by atoms with Crippen LogP contribution in [0.3, 0.4) is 0 Å². The minimum Gasteiger partial charge on any atom is -0.491 e. The van der Waals surface area contributed by atoms with Gasteiger partial charge in [-0.15, -0.1) is 0 Å². The van der Waals surface area contributed by atoms with Crippen molar-refractivity contribution in [1.29, 1.82) is 0 Å². The van der Waals surface area contributed by atoms with Gasteiger partial charge >= 0.3 is 7.60 Å². The van der Waals surface area contributed by atoms with Gasteiger partial charge in [0, 0.05) is 11.5 Å². The van der Waals surface area contributed by atoms with Gasteiger partial charge < -0.3 is 39.6 Å². The molecule has 0 fully saturated rings. The summed E-state index contributed by atoms with van der Waals surface area (Å²) < 4.78 is 23.8. The largest absolute Gasteiger partial charge is 0.491 e. The summed E-state index contributed by atoms with van der Waals surface area (Å²) in [6.07, 6.45) is -2.18. The van der Waals surface area contributed by atoms with Crippen LogP contribution in [0.5, 0.6) is 5.75 Å². The standard InChI is InChI=1S/C26H45BrN3O9PSi/c1-16(2)41(17(3)4,18(5)6)39-26(34)19(7)29-25(33)21-10-9-20(27)13-22(21)38-12-11-28-23(31)14-30(8)24(32)15-40(35,36)37/h9-10,13,16-19,26,34H,11-12,14-15H2,1-8H3,(H,28,31)(H,29,33)(H2,35,36,37)/t19?,26-/m0/s1. The predicted octanol–water partition coefficient (Wildman–Crippen LogP) is 3.21. The molecule has 0 aliphatic rings. The average Bonchev–Trinajstić information content (AvgIpc) is 2.83. The van der Waals surface area contributed by atoms with Gasteiger partial charge in [-0.05, 0) is 41.7 Å². The quantitative estimate of drug-likeness (QED) is 0.0759. The topological polar surface area (TPSA) is 175 Å². The third-order valence-corrected chi connectivity index (χ3v) is 14.1. The normalized spacial score (nSPS) is 13.7. The fourth-order valence-corrected chi connectivity index (χ4v) is 11.3. The SMILES string of the molecule is CC(NC(=O)c1ccc(Br)cc1OCCNC(=O)CN(C)C(=O)CP(=O)(O)O)[C@@H](O)O[Si](C(C)C)(C(C)C)C(C)C. The second-order valence-corrected chi connectivity index (χ2v) is 19.0. The summed E-state index contributed by atoms with van der Waals surface area (Å²) in [6.45, 7) is 14.0. The summed E-state index contributed by atoms with van der Waals surface area (Å²) in [5.74, 6) is -1.63. The number of ether oxygens (including phenoxy) is 1. The van der Waals surface area contributed by atoms with Gasteiger partial charge in [0.25, 0.3) is 5.91 Å².